The van der Waals surface area contributed by atoms with Crippen molar-refractivity contribution in [3.05, 3.63) is 84.1 Å². The molecule has 1 aliphatic rings. The van der Waals surface area contributed by atoms with Crippen LogP contribution < -0.4 is 10.1 Å². The van der Waals surface area contributed by atoms with Gasteiger partial charge < -0.3 is 19.4 Å². The van der Waals surface area contributed by atoms with Gasteiger partial charge in [-0.1, -0.05) is 31.4 Å². The minimum atomic E-state index is -1.02. The molecule has 1 fully saturated rings. The van der Waals surface area contributed by atoms with Crippen molar-refractivity contribution in [3.8, 4) is 17.1 Å². The predicted molar refractivity (Wildman–Crippen MR) is 143 cm³/mol. The number of methoxy groups -OCH3 is 1. The van der Waals surface area contributed by atoms with Crippen molar-refractivity contribution in [2.75, 3.05) is 7.11 Å². The summed E-state index contributed by atoms with van der Waals surface area (Å²) in [7, 11) is 1.58. The molecular weight excluding hydrogens is 515 g/mol. The second kappa shape index (κ2) is 12.5. The standard InChI is InChI=1S/C29H31FN6O4/c1-39-24-15-11-21(12-16-24)28-32-34-36(33-28)19-26(37)35(18-25-8-5-17-40-25)27(20-9-13-22(30)14-10-20)29(38)31-23-6-3-2-4-7-23/h5,8-17,23,27H,2-4,6-7,18-19H2,1H3,(H,31,38). The van der Waals surface area contributed by atoms with E-state index in [2.05, 4.69) is 20.7 Å². The van der Waals surface area contributed by atoms with E-state index in [4.69, 9.17) is 9.15 Å². The Morgan fingerprint density at radius 1 is 1.10 bits per heavy atom. The number of carbonyl (C=O) groups is 2. The van der Waals surface area contributed by atoms with Crippen molar-refractivity contribution < 1.29 is 23.1 Å². The molecule has 208 valence electrons. The summed E-state index contributed by atoms with van der Waals surface area (Å²) in [5, 5.41) is 15.6. The summed E-state index contributed by atoms with van der Waals surface area (Å²) >= 11 is 0. The summed E-state index contributed by atoms with van der Waals surface area (Å²) in [6, 6.07) is 15.2. The van der Waals surface area contributed by atoms with Gasteiger partial charge in [0.15, 0.2) is 0 Å². The molecule has 0 radical (unpaired) electrons. The van der Waals surface area contributed by atoms with E-state index in [1.54, 1.807) is 43.5 Å². The third kappa shape index (κ3) is 6.53. The fraction of sp³-hybridized carbons (Fsp3) is 0.345. The van der Waals surface area contributed by atoms with Gasteiger partial charge in [0.05, 0.1) is 19.9 Å². The maximum atomic E-state index is 13.8. The zero-order valence-electron chi connectivity index (χ0n) is 22.2. The van der Waals surface area contributed by atoms with Gasteiger partial charge >= 0.3 is 0 Å². The number of furan rings is 1. The molecular formula is C29H31FN6O4. The van der Waals surface area contributed by atoms with Crippen LogP contribution in [0.2, 0.25) is 0 Å². The third-order valence-corrected chi connectivity index (χ3v) is 7.00. The molecule has 1 unspecified atom stereocenters. The Labute approximate surface area is 231 Å². The number of aromatic nitrogens is 4. The number of ether oxygens (including phenoxy) is 1. The maximum Gasteiger partial charge on any atom is 0.247 e. The van der Waals surface area contributed by atoms with Crippen LogP contribution in [-0.4, -0.2) is 50.1 Å². The largest absolute Gasteiger partial charge is 0.497 e. The lowest BCUT2D eigenvalue weighted by atomic mass is 9.94. The van der Waals surface area contributed by atoms with Crippen molar-refractivity contribution >= 4 is 11.8 Å². The van der Waals surface area contributed by atoms with Crippen LogP contribution in [0.1, 0.15) is 49.5 Å². The highest BCUT2D eigenvalue weighted by Crippen LogP contribution is 2.27. The van der Waals surface area contributed by atoms with Gasteiger partial charge in [0.1, 0.15) is 29.9 Å². The zero-order valence-corrected chi connectivity index (χ0v) is 22.2. The van der Waals surface area contributed by atoms with E-state index < -0.39 is 17.8 Å². The van der Waals surface area contributed by atoms with E-state index in [1.807, 2.05) is 0 Å². The average Bonchev–Trinajstić information content (AvgIpc) is 3.67. The number of rotatable bonds is 10. The summed E-state index contributed by atoms with van der Waals surface area (Å²) in [5.74, 6) is 0.344. The highest BCUT2D eigenvalue weighted by atomic mass is 19.1. The number of tetrazole rings is 1. The lowest BCUT2D eigenvalue weighted by molar-refractivity contribution is -0.143. The van der Waals surface area contributed by atoms with E-state index in [1.165, 1.54) is 40.2 Å². The van der Waals surface area contributed by atoms with Crippen LogP contribution in [-0.2, 0) is 22.7 Å². The minimum absolute atomic E-state index is 0.0198. The van der Waals surface area contributed by atoms with Crippen molar-refractivity contribution in [1.29, 1.82) is 0 Å². The molecule has 0 aliphatic heterocycles. The summed E-state index contributed by atoms with van der Waals surface area (Å²) in [4.78, 5) is 30.2. The first-order chi connectivity index (χ1) is 19.5. The topological polar surface area (TPSA) is 115 Å². The highest BCUT2D eigenvalue weighted by Gasteiger charge is 2.34. The van der Waals surface area contributed by atoms with Crippen LogP contribution in [0.15, 0.2) is 71.3 Å². The lowest BCUT2D eigenvalue weighted by Gasteiger charge is -2.33. The molecule has 10 nitrogen and oxygen atoms in total. The molecule has 5 rings (SSSR count). The lowest BCUT2D eigenvalue weighted by Crippen LogP contribution is -2.47. The molecule has 2 amide bonds. The first kappa shape index (κ1) is 27.0. The number of hydrogen-bond donors (Lipinski definition) is 1. The molecule has 1 atom stereocenters. The van der Waals surface area contributed by atoms with Crippen LogP contribution in [0, 0.1) is 5.82 Å². The number of carbonyl (C=O) groups excluding carboxylic acids is 2. The summed E-state index contributed by atoms with van der Waals surface area (Å²) in [6.45, 7) is -0.246. The number of halogens is 1. The van der Waals surface area contributed by atoms with Crippen LogP contribution in [0.3, 0.4) is 0 Å². The van der Waals surface area contributed by atoms with Crippen molar-refractivity contribution in [2.45, 2.75) is 57.3 Å². The van der Waals surface area contributed by atoms with Gasteiger partial charge in [0.2, 0.25) is 17.6 Å². The van der Waals surface area contributed by atoms with Gasteiger partial charge in [-0.2, -0.15) is 4.80 Å². The monoisotopic (exact) mass is 546 g/mol. The fourth-order valence-electron chi connectivity index (χ4n) is 4.92. The predicted octanol–water partition coefficient (Wildman–Crippen LogP) is 4.30. The van der Waals surface area contributed by atoms with Gasteiger partial charge in [0.25, 0.3) is 0 Å². The van der Waals surface area contributed by atoms with Crippen LogP contribution >= 0.6 is 0 Å². The highest BCUT2D eigenvalue weighted by molar-refractivity contribution is 5.88. The molecule has 4 aromatic rings. The Morgan fingerprint density at radius 2 is 1.85 bits per heavy atom. The van der Waals surface area contributed by atoms with Crippen molar-refractivity contribution in [3.63, 3.8) is 0 Å². The molecule has 2 heterocycles. The molecule has 2 aromatic carbocycles. The Kier molecular flexibility index (Phi) is 8.48. The molecule has 11 heteroatoms. The Bertz CT molecular complexity index is 1400. The van der Waals surface area contributed by atoms with Gasteiger partial charge in [-0.25, -0.2) is 4.39 Å². The quantitative estimate of drug-likeness (QED) is 0.315. The second-order valence-corrected chi connectivity index (χ2v) is 9.77. The summed E-state index contributed by atoms with van der Waals surface area (Å²) in [6.07, 6.45) is 6.48. The molecule has 1 saturated carbocycles. The van der Waals surface area contributed by atoms with Gasteiger partial charge in [-0.05, 0) is 72.1 Å². The van der Waals surface area contributed by atoms with Crippen LogP contribution in [0.4, 0.5) is 4.39 Å². The SMILES string of the molecule is COc1ccc(-c2nnn(CC(=O)N(Cc3ccco3)C(C(=O)NC3CCCCC3)c3ccc(F)cc3)n2)cc1. The Morgan fingerprint density at radius 3 is 2.52 bits per heavy atom. The smallest absolute Gasteiger partial charge is 0.247 e. The van der Waals surface area contributed by atoms with Gasteiger partial charge in [0, 0.05) is 11.6 Å². The molecule has 2 aromatic heterocycles. The molecule has 1 aliphatic carbocycles. The third-order valence-electron chi connectivity index (χ3n) is 7.00. The van der Waals surface area contributed by atoms with E-state index in [9.17, 15) is 14.0 Å². The summed E-state index contributed by atoms with van der Waals surface area (Å²) < 4.78 is 24.6. The van der Waals surface area contributed by atoms with Crippen molar-refractivity contribution in [1.82, 2.24) is 30.4 Å². The molecule has 0 bridgehead atoms. The maximum absolute atomic E-state index is 13.8. The normalized spacial score (nSPS) is 14.4. The Hall–Kier alpha value is -4.54. The second-order valence-electron chi connectivity index (χ2n) is 9.77. The zero-order chi connectivity index (χ0) is 27.9. The number of amides is 2. The van der Waals surface area contributed by atoms with Gasteiger partial charge in [-0.15, -0.1) is 10.2 Å². The fourth-order valence-corrected chi connectivity index (χ4v) is 4.92. The minimum Gasteiger partial charge on any atom is -0.497 e. The molecule has 40 heavy (non-hydrogen) atoms. The number of nitrogens with one attached hydrogen (secondary N) is 1. The first-order valence-corrected chi connectivity index (χ1v) is 13.3. The van der Waals surface area contributed by atoms with Crippen LogP contribution in [0.5, 0.6) is 5.75 Å². The molecule has 1 N–H and O–H groups in total. The van der Waals surface area contributed by atoms with E-state index in [0.29, 0.717) is 28.5 Å². The number of nitrogens with zero attached hydrogens (tertiary/aromatic N) is 5. The van der Waals surface area contributed by atoms with Crippen molar-refractivity contribution in [2.24, 2.45) is 0 Å². The first-order valence-electron chi connectivity index (χ1n) is 13.3. The molecule has 0 spiro atoms. The average molecular weight is 547 g/mol. The number of benzene rings is 2. The molecule has 0 saturated heterocycles. The van der Waals surface area contributed by atoms with E-state index >= 15 is 0 Å². The number of hydrogen-bond acceptors (Lipinski definition) is 7. The van der Waals surface area contributed by atoms with Crippen LogP contribution in [0.25, 0.3) is 11.4 Å². The Balaban J connectivity index is 1.42. The summed E-state index contributed by atoms with van der Waals surface area (Å²) in [5.41, 5.74) is 1.20. The van der Waals surface area contributed by atoms with E-state index in [0.717, 1.165) is 32.1 Å². The van der Waals surface area contributed by atoms with Gasteiger partial charge in [-0.3, -0.25) is 9.59 Å². The van der Waals surface area contributed by atoms with E-state index in [-0.39, 0.29) is 25.0 Å².